The summed E-state index contributed by atoms with van der Waals surface area (Å²) in [5, 5.41) is 2.64. The molecule has 3 aromatic rings. The fourth-order valence-electron chi connectivity index (χ4n) is 5.86. The molecule has 1 fully saturated rings. The first-order chi connectivity index (χ1) is 16.4. The molecule has 0 aliphatic carbocycles. The van der Waals surface area contributed by atoms with Crippen LogP contribution in [0.5, 0.6) is 0 Å². The highest BCUT2D eigenvalue weighted by molar-refractivity contribution is 6.09. The molecule has 2 aliphatic rings. The SMILES string of the molecule is COC(=O)CC1(C)C(=O)N(C2CCN(Cc3cccc4cccc(C)c34)CC2)c2ccccc21. The third-order valence-corrected chi connectivity index (χ3v) is 7.69. The Balaban J connectivity index is 1.34. The Morgan fingerprint density at radius 1 is 1.03 bits per heavy atom. The first-order valence-electron chi connectivity index (χ1n) is 12.1. The smallest absolute Gasteiger partial charge is 0.306 e. The minimum Gasteiger partial charge on any atom is -0.469 e. The molecule has 34 heavy (non-hydrogen) atoms. The lowest BCUT2D eigenvalue weighted by Crippen LogP contribution is -2.49. The van der Waals surface area contributed by atoms with Crippen molar-refractivity contribution in [1.82, 2.24) is 4.90 Å². The lowest BCUT2D eigenvalue weighted by Gasteiger charge is -2.38. The fraction of sp³-hybridized carbons (Fsp3) is 0.379. The monoisotopic (exact) mass is 456 g/mol. The maximum atomic E-state index is 13.7. The van der Waals surface area contributed by atoms with Gasteiger partial charge in [0.25, 0.3) is 0 Å². The normalized spacial score (nSPS) is 21.1. The Morgan fingerprint density at radius 3 is 2.47 bits per heavy atom. The summed E-state index contributed by atoms with van der Waals surface area (Å²) >= 11 is 0. The van der Waals surface area contributed by atoms with Crippen LogP contribution in [0.25, 0.3) is 10.8 Å². The highest BCUT2D eigenvalue weighted by atomic mass is 16.5. The van der Waals surface area contributed by atoms with Crippen molar-refractivity contribution in [2.75, 3.05) is 25.1 Å². The number of benzene rings is 3. The summed E-state index contributed by atoms with van der Waals surface area (Å²) in [5.74, 6) is -0.338. The van der Waals surface area contributed by atoms with E-state index >= 15 is 0 Å². The molecule has 3 aromatic carbocycles. The van der Waals surface area contributed by atoms with Crippen LogP contribution in [0.15, 0.2) is 60.7 Å². The zero-order chi connectivity index (χ0) is 23.9. The average Bonchev–Trinajstić information content (AvgIpc) is 3.06. The number of carbonyl (C=O) groups excluding carboxylic acids is 2. The van der Waals surface area contributed by atoms with E-state index in [1.807, 2.05) is 36.1 Å². The Morgan fingerprint density at radius 2 is 1.74 bits per heavy atom. The second-order valence-electron chi connectivity index (χ2n) is 9.87. The molecule has 2 heterocycles. The summed E-state index contributed by atoms with van der Waals surface area (Å²) in [6.07, 6.45) is 1.89. The number of methoxy groups -OCH3 is 1. The summed E-state index contributed by atoms with van der Waals surface area (Å²) in [6, 6.07) is 21.1. The van der Waals surface area contributed by atoms with E-state index in [0.29, 0.717) is 0 Å². The molecule has 0 N–H and O–H groups in total. The number of ether oxygens (including phenoxy) is 1. The second-order valence-corrected chi connectivity index (χ2v) is 9.87. The fourth-order valence-corrected chi connectivity index (χ4v) is 5.86. The molecule has 5 nitrogen and oxygen atoms in total. The first-order valence-corrected chi connectivity index (χ1v) is 12.1. The Kier molecular flexibility index (Phi) is 5.90. The number of nitrogens with zero attached hydrogens (tertiary/aromatic N) is 2. The van der Waals surface area contributed by atoms with Gasteiger partial charge in [-0.15, -0.1) is 0 Å². The van der Waals surface area contributed by atoms with Crippen LogP contribution in [0.1, 0.15) is 42.9 Å². The molecule has 5 rings (SSSR count). The van der Waals surface area contributed by atoms with E-state index in [4.69, 9.17) is 4.74 Å². The molecule has 1 saturated heterocycles. The lowest BCUT2D eigenvalue weighted by atomic mass is 9.80. The van der Waals surface area contributed by atoms with Gasteiger partial charge >= 0.3 is 5.97 Å². The molecule has 0 bridgehead atoms. The number of anilines is 1. The van der Waals surface area contributed by atoms with Gasteiger partial charge in [0.05, 0.1) is 18.9 Å². The molecule has 2 aliphatic heterocycles. The van der Waals surface area contributed by atoms with Gasteiger partial charge < -0.3 is 9.64 Å². The summed E-state index contributed by atoms with van der Waals surface area (Å²) in [5.41, 5.74) is 3.68. The summed E-state index contributed by atoms with van der Waals surface area (Å²) in [6.45, 7) is 6.85. The van der Waals surface area contributed by atoms with Crippen molar-refractivity contribution in [3.8, 4) is 0 Å². The summed E-state index contributed by atoms with van der Waals surface area (Å²) in [7, 11) is 1.38. The van der Waals surface area contributed by atoms with Gasteiger partial charge in [-0.3, -0.25) is 14.5 Å². The van der Waals surface area contributed by atoms with Crippen molar-refractivity contribution >= 4 is 28.3 Å². The number of carbonyl (C=O) groups is 2. The molecule has 1 amide bonds. The maximum absolute atomic E-state index is 13.7. The van der Waals surface area contributed by atoms with Gasteiger partial charge in [0.15, 0.2) is 0 Å². The van der Waals surface area contributed by atoms with Crippen LogP contribution in [-0.4, -0.2) is 43.0 Å². The zero-order valence-electron chi connectivity index (χ0n) is 20.2. The second kappa shape index (κ2) is 8.88. The number of hydrogen-bond donors (Lipinski definition) is 0. The number of hydrogen-bond acceptors (Lipinski definition) is 4. The van der Waals surface area contributed by atoms with Crippen LogP contribution in [0.4, 0.5) is 5.69 Å². The van der Waals surface area contributed by atoms with E-state index in [9.17, 15) is 9.59 Å². The van der Waals surface area contributed by atoms with E-state index < -0.39 is 5.41 Å². The van der Waals surface area contributed by atoms with Crippen molar-refractivity contribution in [2.45, 2.75) is 51.1 Å². The quantitative estimate of drug-likeness (QED) is 0.508. The molecule has 0 aromatic heterocycles. The molecule has 1 atom stereocenters. The lowest BCUT2D eigenvalue weighted by molar-refractivity contribution is -0.144. The van der Waals surface area contributed by atoms with E-state index in [0.717, 1.165) is 43.7 Å². The number of piperidine rings is 1. The first kappa shape index (κ1) is 22.6. The third-order valence-electron chi connectivity index (χ3n) is 7.69. The molecule has 1 unspecified atom stereocenters. The number of amides is 1. The standard InChI is InChI=1S/C29H32N2O3/c1-20-8-6-9-21-10-7-11-22(27(20)21)19-30-16-14-23(15-17-30)31-25-13-5-4-12-24(25)29(2,28(31)33)18-26(32)34-3/h4-13,23H,14-19H2,1-3H3. The predicted molar refractivity (Wildman–Crippen MR) is 135 cm³/mol. The highest BCUT2D eigenvalue weighted by Gasteiger charge is 2.50. The third kappa shape index (κ3) is 3.78. The van der Waals surface area contributed by atoms with Crippen LogP contribution in [-0.2, 0) is 26.3 Å². The molecule has 0 radical (unpaired) electrons. The van der Waals surface area contributed by atoms with Gasteiger partial charge in [0.1, 0.15) is 0 Å². The molecule has 0 spiro atoms. The molecular weight excluding hydrogens is 424 g/mol. The van der Waals surface area contributed by atoms with Crippen molar-refractivity contribution in [3.05, 3.63) is 77.4 Å². The zero-order valence-corrected chi connectivity index (χ0v) is 20.2. The van der Waals surface area contributed by atoms with Crippen molar-refractivity contribution in [2.24, 2.45) is 0 Å². The van der Waals surface area contributed by atoms with Gasteiger partial charge in [-0.2, -0.15) is 0 Å². The van der Waals surface area contributed by atoms with Crippen LogP contribution in [0.3, 0.4) is 0 Å². The number of rotatable bonds is 5. The predicted octanol–water partition coefficient (Wildman–Crippen LogP) is 4.98. The number of likely N-dealkylation sites (tertiary alicyclic amines) is 1. The van der Waals surface area contributed by atoms with Crippen LogP contribution in [0, 0.1) is 6.92 Å². The van der Waals surface area contributed by atoms with Gasteiger partial charge in [-0.1, -0.05) is 54.6 Å². The largest absolute Gasteiger partial charge is 0.469 e. The average molecular weight is 457 g/mol. The topological polar surface area (TPSA) is 49.9 Å². The summed E-state index contributed by atoms with van der Waals surface area (Å²) < 4.78 is 4.91. The Hall–Kier alpha value is -3.18. The van der Waals surface area contributed by atoms with Gasteiger partial charge in [0, 0.05) is 31.4 Å². The number of esters is 1. The summed E-state index contributed by atoms with van der Waals surface area (Å²) in [4.78, 5) is 30.3. The minimum atomic E-state index is -0.874. The number of aryl methyl sites for hydroxylation is 1. The molecule has 176 valence electrons. The molecule has 0 saturated carbocycles. The van der Waals surface area contributed by atoms with Crippen molar-refractivity contribution in [3.63, 3.8) is 0 Å². The van der Waals surface area contributed by atoms with Crippen LogP contribution < -0.4 is 4.90 Å². The van der Waals surface area contributed by atoms with E-state index in [1.54, 1.807) is 0 Å². The van der Waals surface area contributed by atoms with Gasteiger partial charge in [-0.05, 0) is 60.2 Å². The van der Waals surface area contributed by atoms with Crippen molar-refractivity contribution in [1.29, 1.82) is 0 Å². The van der Waals surface area contributed by atoms with Crippen molar-refractivity contribution < 1.29 is 14.3 Å². The van der Waals surface area contributed by atoms with Gasteiger partial charge in [0.2, 0.25) is 5.91 Å². The van der Waals surface area contributed by atoms with Gasteiger partial charge in [-0.25, -0.2) is 0 Å². The molecule has 5 heteroatoms. The van der Waals surface area contributed by atoms with E-state index in [-0.39, 0.29) is 24.3 Å². The Bertz CT molecular complexity index is 1240. The van der Waals surface area contributed by atoms with E-state index in [1.165, 1.54) is 29.0 Å². The van der Waals surface area contributed by atoms with E-state index in [2.05, 4.69) is 48.2 Å². The molecular formula is C29H32N2O3. The number of para-hydroxylation sites is 1. The Labute approximate surface area is 201 Å². The highest BCUT2D eigenvalue weighted by Crippen LogP contribution is 2.46. The number of fused-ring (bicyclic) bond motifs is 2. The maximum Gasteiger partial charge on any atom is 0.306 e. The minimum absolute atomic E-state index is 0.0160. The van der Waals surface area contributed by atoms with Crippen LogP contribution in [0.2, 0.25) is 0 Å². The van der Waals surface area contributed by atoms with Crippen LogP contribution >= 0.6 is 0 Å².